The summed E-state index contributed by atoms with van der Waals surface area (Å²) >= 11 is 0. The normalized spacial score (nSPS) is 33.3. The molecule has 0 saturated carbocycles. The van der Waals surface area contributed by atoms with E-state index in [1.807, 2.05) is 0 Å². The Morgan fingerprint density at radius 1 is 1.29 bits per heavy atom. The lowest BCUT2D eigenvalue weighted by atomic mass is 9.78. The molecule has 4 aliphatic rings. The highest BCUT2D eigenvalue weighted by atomic mass is 16.5. The Balaban J connectivity index is 1.63. The predicted molar refractivity (Wildman–Crippen MR) is 83.6 cm³/mol. The number of nitrogens with zero attached hydrogens (tertiary/aromatic N) is 2. The Hall–Kier alpha value is -1.55. The van der Waals surface area contributed by atoms with Crippen LogP contribution in [0.15, 0.2) is 29.4 Å². The summed E-state index contributed by atoms with van der Waals surface area (Å²) in [7, 11) is 0. The van der Waals surface area contributed by atoms with Crippen LogP contribution in [0.25, 0.3) is 0 Å². The molecule has 1 N–H and O–H groups in total. The topological polar surface area (TPSA) is 36.9 Å². The van der Waals surface area contributed by atoms with Gasteiger partial charge in [-0.3, -0.25) is 4.90 Å². The van der Waals surface area contributed by atoms with Crippen LogP contribution in [0.3, 0.4) is 0 Å². The minimum absolute atomic E-state index is 0.246. The lowest BCUT2D eigenvalue weighted by molar-refractivity contribution is 0.132. The van der Waals surface area contributed by atoms with Gasteiger partial charge in [0.15, 0.2) is 0 Å². The Kier molecular flexibility index (Phi) is 3.34. The van der Waals surface area contributed by atoms with E-state index in [-0.39, 0.29) is 6.04 Å². The summed E-state index contributed by atoms with van der Waals surface area (Å²) in [6, 6.07) is 9.11. The molecule has 112 valence electrons. The molecular weight excluding hydrogens is 262 g/mol. The van der Waals surface area contributed by atoms with Crippen molar-refractivity contribution in [3.8, 4) is 5.75 Å². The third-order valence-corrected chi connectivity index (χ3v) is 5.01. The molecule has 3 fully saturated rings. The minimum Gasteiger partial charge on any atom is -0.493 e. The SMILES string of the molecule is CCCOc1ccccc1C1NN=C2C3CCN(CC3)C21. The second kappa shape index (κ2) is 5.34. The molecule has 21 heavy (non-hydrogen) atoms. The van der Waals surface area contributed by atoms with E-state index in [0.717, 1.165) is 18.8 Å². The molecule has 5 rings (SSSR count). The number of hydrogen-bond donors (Lipinski definition) is 1. The zero-order chi connectivity index (χ0) is 14.2. The molecule has 1 aromatic rings. The van der Waals surface area contributed by atoms with Gasteiger partial charge < -0.3 is 10.2 Å². The summed E-state index contributed by atoms with van der Waals surface area (Å²) < 4.78 is 5.95. The number of ether oxygens (including phenoxy) is 1. The highest BCUT2D eigenvalue weighted by Crippen LogP contribution is 2.41. The van der Waals surface area contributed by atoms with E-state index in [0.29, 0.717) is 12.0 Å². The number of nitrogens with one attached hydrogen (secondary N) is 1. The molecule has 2 atom stereocenters. The molecule has 3 saturated heterocycles. The Bertz CT molecular complexity index is 549. The summed E-state index contributed by atoms with van der Waals surface area (Å²) in [5.41, 5.74) is 6.03. The van der Waals surface area contributed by atoms with Gasteiger partial charge in [-0.15, -0.1) is 0 Å². The first-order chi connectivity index (χ1) is 10.4. The number of piperidine rings is 3. The lowest BCUT2D eigenvalue weighted by Crippen LogP contribution is -2.56. The highest BCUT2D eigenvalue weighted by molar-refractivity contribution is 5.95. The van der Waals surface area contributed by atoms with E-state index in [9.17, 15) is 0 Å². The van der Waals surface area contributed by atoms with Gasteiger partial charge in [0.05, 0.1) is 24.4 Å². The number of hydrazone groups is 1. The molecule has 0 spiro atoms. The molecule has 0 aromatic heterocycles. The zero-order valence-corrected chi connectivity index (χ0v) is 12.6. The van der Waals surface area contributed by atoms with E-state index >= 15 is 0 Å². The Morgan fingerprint density at radius 2 is 2.10 bits per heavy atom. The summed E-state index contributed by atoms with van der Waals surface area (Å²) in [4.78, 5) is 2.60. The first-order valence-electron chi connectivity index (χ1n) is 8.17. The monoisotopic (exact) mass is 285 g/mol. The first-order valence-corrected chi connectivity index (χ1v) is 8.17. The maximum absolute atomic E-state index is 5.95. The third-order valence-electron chi connectivity index (χ3n) is 5.01. The molecule has 1 aromatic carbocycles. The van der Waals surface area contributed by atoms with E-state index in [2.05, 4.69) is 46.6 Å². The molecule has 4 heterocycles. The molecule has 0 radical (unpaired) electrons. The van der Waals surface area contributed by atoms with Crippen molar-refractivity contribution < 1.29 is 4.74 Å². The van der Waals surface area contributed by atoms with Crippen LogP contribution >= 0.6 is 0 Å². The maximum Gasteiger partial charge on any atom is 0.124 e. The van der Waals surface area contributed by atoms with Crippen LogP contribution in [-0.4, -0.2) is 36.3 Å². The van der Waals surface area contributed by atoms with Gasteiger partial charge in [-0.1, -0.05) is 25.1 Å². The van der Waals surface area contributed by atoms with E-state index in [1.165, 1.54) is 37.2 Å². The summed E-state index contributed by atoms with van der Waals surface area (Å²) in [6.07, 6.45) is 3.58. The number of hydrogen-bond acceptors (Lipinski definition) is 4. The van der Waals surface area contributed by atoms with Crippen molar-refractivity contribution in [1.82, 2.24) is 10.3 Å². The van der Waals surface area contributed by atoms with Gasteiger partial charge in [0.2, 0.25) is 0 Å². The lowest BCUT2D eigenvalue weighted by Gasteiger charge is -2.45. The smallest absolute Gasteiger partial charge is 0.124 e. The van der Waals surface area contributed by atoms with Gasteiger partial charge >= 0.3 is 0 Å². The molecule has 2 unspecified atom stereocenters. The van der Waals surface area contributed by atoms with Crippen molar-refractivity contribution in [3.05, 3.63) is 29.8 Å². The van der Waals surface area contributed by atoms with E-state index in [1.54, 1.807) is 0 Å². The van der Waals surface area contributed by atoms with Crippen LogP contribution in [0.4, 0.5) is 0 Å². The largest absolute Gasteiger partial charge is 0.493 e. The van der Waals surface area contributed by atoms with Crippen LogP contribution < -0.4 is 10.2 Å². The van der Waals surface area contributed by atoms with E-state index in [4.69, 9.17) is 4.74 Å². The number of fused-ring (bicyclic) bond motifs is 2. The minimum atomic E-state index is 0.246. The number of rotatable bonds is 4. The predicted octanol–water partition coefficient (Wildman–Crippen LogP) is 2.57. The van der Waals surface area contributed by atoms with Gasteiger partial charge in [0, 0.05) is 11.5 Å². The van der Waals surface area contributed by atoms with Crippen molar-refractivity contribution in [2.75, 3.05) is 19.7 Å². The molecule has 4 aliphatic heterocycles. The van der Waals surface area contributed by atoms with Crippen molar-refractivity contribution in [2.24, 2.45) is 11.0 Å². The fourth-order valence-corrected chi connectivity index (χ4v) is 3.98. The van der Waals surface area contributed by atoms with Crippen molar-refractivity contribution in [1.29, 1.82) is 0 Å². The average Bonchev–Trinajstić information content (AvgIpc) is 3.01. The van der Waals surface area contributed by atoms with Gasteiger partial charge in [0.1, 0.15) is 5.75 Å². The fourth-order valence-electron chi connectivity index (χ4n) is 3.98. The fraction of sp³-hybridized carbons (Fsp3) is 0.588. The van der Waals surface area contributed by atoms with Gasteiger partial charge in [0.25, 0.3) is 0 Å². The molecule has 4 nitrogen and oxygen atoms in total. The van der Waals surface area contributed by atoms with Crippen molar-refractivity contribution >= 4 is 5.71 Å². The second-order valence-corrected chi connectivity index (χ2v) is 6.28. The molecule has 0 aliphatic carbocycles. The van der Waals surface area contributed by atoms with Crippen LogP contribution in [0.5, 0.6) is 5.75 Å². The molecule has 4 heteroatoms. The van der Waals surface area contributed by atoms with Crippen LogP contribution in [-0.2, 0) is 0 Å². The maximum atomic E-state index is 5.95. The van der Waals surface area contributed by atoms with Crippen LogP contribution in [0.2, 0.25) is 0 Å². The quantitative estimate of drug-likeness (QED) is 0.924. The zero-order valence-electron chi connectivity index (χ0n) is 12.6. The third kappa shape index (κ3) is 2.13. The molecule has 0 amide bonds. The standard InChI is InChI=1S/C17H23N3O/c1-2-11-21-14-6-4-3-5-13(14)16-17-15(18-19-16)12-7-9-20(17)10-8-12/h3-6,12,16-17,19H,2,7-11H2,1H3. The molecule has 2 bridgehead atoms. The van der Waals surface area contributed by atoms with Crippen molar-refractivity contribution in [2.45, 2.75) is 38.3 Å². The van der Waals surface area contributed by atoms with Crippen LogP contribution in [0, 0.1) is 5.92 Å². The highest BCUT2D eigenvalue weighted by Gasteiger charge is 2.47. The second-order valence-electron chi connectivity index (χ2n) is 6.28. The Morgan fingerprint density at radius 3 is 2.90 bits per heavy atom. The number of para-hydroxylation sites is 1. The molecular formula is C17H23N3O. The summed E-state index contributed by atoms with van der Waals surface area (Å²) in [5.74, 6) is 1.71. The average molecular weight is 285 g/mol. The van der Waals surface area contributed by atoms with Gasteiger partial charge in [-0.05, 0) is 38.4 Å². The van der Waals surface area contributed by atoms with Crippen LogP contribution in [0.1, 0.15) is 37.8 Å². The summed E-state index contributed by atoms with van der Waals surface area (Å²) in [6.45, 7) is 5.34. The first kappa shape index (κ1) is 13.1. The van der Waals surface area contributed by atoms with Gasteiger partial charge in [-0.2, -0.15) is 5.10 Å². The number of benzene rings is 1. The van der Waals surface area contributed by atoms with Crippen molar-refractivity contribution in [3.63, 3.8) is 0 Å². The Labute approximate surface area is 126 Å². The van der Waals surface area contributed by atoms with Gasteiger partial charge in [-0.25, -0.2) is 0 Å². The van der Waals surface area contributed by atoms with E-state index < -0.39 is 0 Å². The summed E-state index contributed by atoms with van der Waals surface area (Å²) in [5, 5.41) is 4.69.